The van der Waals surface area contributed by atoms with Crippen molar-refractivity contribution in [2.24, 2.45) is 0 Å². The van der Waals surface area contributed by atoms with Crippen molar-refractivity contribution in [3.8, 4) is 0 Å². The molecule has 6 nitrogen and oxygen atoms in total. The molecule has 0 radical (unpaired) electrons. The number of rotatable bonds is 24. The molecule has 210 valence electrons. The summed E-state index contributed by atoms with van der Waals surface area (Å²) in [5, 5.41) is 13.9. The number of hydrogen-bond donors (Lipinski definition) is 3. The monoisotopic (exact) mass is 516 g/mol. The van der Waals surface area contributed by atoms with E-state index in [2.05, 4.69) is 17.6 Å². The van der Waals surface area contributed by atoms with Gasteiger partial charge in [0.15, 0.2) is 0 Å². The lowest BCUT2D eigenvalue weighted by atomic mass is 10.0. The van der Waals surface area contributed by atoms with Gasteiger partial charge in [-0.2, -0.15) is 0 Å². The van der Waals surface area contributed by atoms with E-state index in [-0.39, 0.29) is 5.91 Å². The van der Waals surface area contributed by atoms with E-state index in [4.69, 9.17) is 5.11 Å². The van der Waals surface area contributed by atoms with Crippen molar-refractivity contribution in [1.29, 1.82) is 0 Å². The van der Waals surface area contributed by atoms with Crippen LogP contribution in [0.25, 0.3) is 0 Å². The fraction of sp³-hybridized carbons (Fsp3) is 0.710. The van der Waals surface area contributed by atoms with Crippen LogP contribution in [0.15, 0.2) is 30.3 Å². The number of aliphatic carboxylic acids is 1. The van der Waals surface area contributed by atoms with Gasteiger partial charge in [0, 0.05) is 6.42 Å². The van der Waals surface area contributed by atoms with Crippen LogP contribution in [0, 0.1) is 0 Å². The molecule has 0 spiro atoms. The first-order chi connectivity index (χ1) is 18.0. The Morgan fingerprint density at radius 1 is 0.676 bits per heavy atom. The molecule has 0 saturated carbocycles. The zero-order chi connectivity index (χ0) is 27.0. The minimum absolute atomic E-state index is 0.184. The molecule has 0 saturated heterocycles. The Bertz CT molecular complexity index is 723. The van der Waals surface area contributed by atoms with E-state index in [0.717, 1.165) is 19.3 Å². The van der Waals surface area contributed by atoms with Crippen LogP contribution in [-0.4, -0.2) is 29.4 Å². The molecule has 0 aromatic heterocycles. The van der Waals surface area contributed by atoms with Crippen LogP contribution < -0.4 is 10.6 Å². The van der Waals surface area contributed by atoms with Crippen LogP contribution in [0.4, 0.5) is 0 Å². The fourth-order valence-corrected chi connectivity index (χ4v) is 4.63. The predicted molar refractivity (Wildman–Crippen MR) is 151 cm³/mol. The first-order valence-corrected chi connectivity index (χ1v) is 14.9. The van der Waals surface area contributed by atoms with E-state index in [1.807, 2.05) is 6.07 Å². The van der Waals surface area contributed by atoms with E-state index in [1.54, 1.807) is 24.3 Å². The lowest BCUT2D eigenvalue weighted by Crippen LogP contribution is -2.42. The summed E-state index contributed by atoms with van der Waals surface area (Å²) < 4.78 is 0. The second-order valence-electron chi connectivity index (χ2n) is 10.3. The molecule has 0 aliphatic heterocycles. The highest BCUT2D eigenvalue weighted by Crippen LogP contribution is 2.16. The number of carboxylic acid groups (broad SMARTS) is 1. The zero-order valence-electron chi connectivity index (χ0n) is 23.3. The zero-order valence-corrected chi connectivity index (χ0v) is 23.3. The summed E-state index contributed by atoms with van der Waals surface area (Å²) in [7, 11) is 0. The average Bonchev–Trinajstić information content (AvgIpc) is 2.90. The molecule has 0 unspecified atom stereocenters. The normalized spacial score (nSPS) is 11.7. The Morgan fingerprint density at radius 2 is 1.11 bits per heavy atom. The Kier molecular flexibility index (Phi) is 20.1. The molecule has 37 heavy (non-hydrogen) atoms. The lowest BCUT2D eigenvalue weighted by molar-refractivity contribution is -0.138. The van der Waals surface area contributed by atoms with Crippen molar-refractivity contribution < 1.29 is 19.5 Å². The molecule has 0 fully saturated rings. The van der Waals surface area contributed by atoms with Crippen LogP contribution in [0.1, 0.15) is 141 Å². The molecule has 0 aliphatic rings. The first kappa shape index (κ1) is 32.7. The summed E-state index contributed by atoms with van der Waals surface area (Å²) in [5.74, 6) is -1.82. The van der Waals surface area contributed by atoms with Crippen molar-refractivity contribution >= 4 is 17.8 Å². The van der Waals surface area contributed by atoms with E-state index in [0.29, 0.717) is 12.0 Å². The summed E-state index contributed by atoms with van der Waals surface area (Å²) in [6.07, 6.45) is 23.8. The van der Waals surface area contributed by atoms with Crippen LogP contribution in [0.3, 0.4) is 0 Å². The third-order valence-electron chi connectivity index (χ3n) is 6.87. The molecule has 1 aromatic carbocycles. The van der Waals surface area contributed by atoms with Gasteiger partial charge in [-0.25, -0.2) is 0 Å². The van der Waals surface area contributed by atoms with Gasteiger partial charge in [-0.1, -0.05) is 146 Å². The molecule has 1 aromatic rings. The Balaban J connectivity index is 2.03. The van der Waals surface area contributed by atoms with Gasteiger partial charge in [0.05, 0.1) is 0 Å². The van der Waals surface area contributed by atoms with Crippen molar-refractivity contribution in [2.45, 2.75) is 135 Å². The molecule has 0 aliphatic carbocycles. The third-order valence-corrected chi connectivity index (χ3v) is 6.87. The van der Waals surface area contributed by atoms with Crippen LogP contribution in [0.2, 0.25) is 0 Å². The van der Waals surface area contributed by atoms with Gasteiger partial charge < -0.3 is 15.7 Å². The Hall–Kier alpha value is -2.37. The highest BCUT2D eigenvalue weighted by molar-refractivity contribution is 5.90. The van der Waals surface area contributed by atoms with Crippen molar-refractivity contribution in [2.75, 3.05) is 6.54 Å². The number of nitrogens with one attached hydrogen (secondary N) is 2. The molecule has 0 heterocycles. The number of benzene rings is 1. The number of carboxylic acids is 1. The highest BCUT2D eigenvalue weighted by atomic mass is 16.4. The minimum Gasteiger partial charge on any atom is -0.480 e. The Morgan fingerprint density at radius 3 is 1.54 bits per heavy atom. The van der Waals surface area contributed by atoms with Crippen molar-refractivity contribution in [3.63, 3.8) is 0 Å². The molecule has 0 bridgehead atoms. The SMILES string of the molecule is CCCCCCCCCCCCCCCCCCCCC(=O)N[C@@H](C(=O)NCC(=O)O)c1ccccc1. The van der Waals surface area contributed by atoms with Gasteiger partial charge in [0.25, 0.3) is 0 Å². The standard InChI is InChI=1S/C31H52N2O4/c1-2-3-4-5-6-7-8-9-10-11-12-13-14-15-16-17-18-22-25-28(34)33-30(27-23-20-19-21-24-27)31(37)32-26-29(35)36/h19-21,23-24,30H,2-18,22,25-26H2,1H3,(H,32,37)(H,33,34)(H,35,36)/t30-/m1/s1. The van der Waals surface area contributed by atoms with Crippen molar-refractivity contribution in [3.05, 3.63) is 35.9 Å². The summed E-state index contributed by atoms with van der Waals surface area (Å²) in [6, 6.07) is 8.02. The quantitative estimate of drug-likeness (QED) is 0.124. The predicted octanol–water partition coefficient (Wildman–Crippen LogP) is 7.48. The maximum atomic E-state index is 12.4. The molecule has 1 atom stereocenters. The molecule has 1 rings (SSSR count). The number of unbranched alkanes of at least 4 members (excludes halogenated alkanes) is 17. The number of amides is 2. The molecule has 3 N–H and O–H groups in total. The molecule has 2 amide bonds. The lowest BCUT2D eigenvalue weighted by Gasteiger charge is -2.18. The van der Waals surface area contributed by atoms with Crippen molar-refractivity contribution in [1.82, 2.24) is 10.6 Å². The summed E-state index contributed by atoms with van der Waals surface area (Å²) in [5.41, 5.74) is 0.636. The fourth-order valence-electron chi connectivity index (χ4n) is 4.63. The smallest absolute Gasteiger partial charge is 0.322 e. The maximum absolute atomic E-state index is 12.4. The minimum atomic E-state index is -1.12. The second-order valence-corrected chi connectivity index (χ2v) is 10.3. The maximum Gasteiger partial charge on any atom is 0.322 e. The summed E-state index contributed by atoms with van der Waals surface area (Å²) in [6.45, 7) is 1.80. The van der Waals surface area contributed by atoms with E-state index in [1.165, 1.54) is 96.3 Å². The van der Waals surface area contributed by atoms with Gasteiger partial charge in [-0.15, -0.1) is 0 Å². The summed E-state index contributed by atoms with van der Waals surface area (Å²) >= 11 is 0. The van der Waals surface area contributed by atoms with Gasteiger partial charge in [-0.05, 0) is 12.0 Å². The molecule has 6 heteroatoms. The summed E-state index contributed by atoms with van der Waals surface area (Å²) in [4.78, 5) is 35.6. The van der Waals surface area contributed by atoms with Gasteiger partial charge in [-0.3, -0.25) is 14.4 Å². The van der Waals surface area contributed by atoms with Gasteiger partial charge in [0.1, 0.15) is 12.6 Å². The topological polar surface area (TPSA) is 95.5 Å². The molecular weight excluding hydrogens is 464 g/mol. The van der Waals surface area contributed by atoms with Crippen LogP contribution >= 0.6 is 0 Å². The number of carbonyl (C=O) groups excluding carboxylic acids is 2. The van der Waals surface area contributed by atoms with Crippen LogP contribution in [0.5, 0.6) is 0 Å². The van der Waals surface area contributed by atoms with Gasteiger partial charge in [0.2, 0.25) is 11.8 Å². The van der Waals surface area contributed by atoms with Crippen LogP contribution in [-0.2, 0) is 14.4 Å². The number of hydrogen-bond acceptors (Lipinski definition) is 3. The average molecular weight is 517 g/mol. The second kappa shape index (κ2) is 22.8. The van der Waals surface area contributed by atoms with Gasteiger partial charge >= 0.3 is 5.97 Å². The van der Waals surface area contributed by atoms with E-state index in [9.17, 15) is 14.4 Å². The first-order valence-electron chi connectivity index (χ1n) is 14.9. The Labute approximate surface area is 225 Å². The van der Waals surface area contributed by atoms with E-state index < -0.39 is 24.5 Å². The molecular formula is C31H52N2O4. The number of carbonyl (C=O) groups is 3. The third kappa shape index (κ3) is 18.5. The van der Waals surface area contributed by atoms with E-state index >= 15 is 0 Å². The largest absolute Gasteiger partial charge is 0.480 e. The highest BCUT2D eigenvalue weighted by Gasteiger charge is 2.22.